The number of aromatic amines is 1. The average molecular weight is 278 g/mol. The lowest BCUT2D eigenvalue weighted by Crippen LogP contribution is -2.37. The molecule has 0 atom stereocenters. The lowest BCUT2D eigenvalue weighted by atomic mass is 9.97. The highest BCUT2D eigenvalue weighted by atomic mass is 16.1. The molecule has 2 heterocycles. The van der Waals surface area contributed by atoms with Crippen molar-refractivity contribution in [1.82, 2.24) is 15.3 Å². The quantitative estimate of drug-likeness (QED) is 0.829. The third-order valence-corrected chi connectivity index (χ3v) is 3.87. The molecule has 0 saturated carbocycles. The SMILES string of the molecule is CCCN(CC1CCNCC1)c1cc(=O)[nH]c(CC)n1. The first kappa shape index (κ1) is 15.0. The summed E-state index contributed by atoms with van der Waals surface area (Å²) in [4.78, 5) is 21.4. The van der Waals surface area contributed by atoms with Crippen LogP contribution in [0.2, 0.25) is 0 Å². The summed E-state index contributed by atoms with van der Waals surface area (Å²) in [6.07, 6.45) is 4.26. The van der Waals surface area contributed by atoms with Gasteiger partial charge in [-0.05, 0) is 38.3 Å². The number of piperidine rings is 1. The smallest absolute Gasteiger partial charge is 0.252 e. The topological polar surface area (TPSA) is 61.0 Å². The molecule has 1 fully saturated rings. The van der Waals surface area contributed by atoms with Crippen LogP contribution in [-0.4, -0.2) is 36.1 Å². The van der Waals surface area contributed by atoms with E-state index in [0.717, 1.165) is 50.7 Å². The Morgan fingerprint density at radius 3 is 2.75 bits per heavy atom. The Hall–Kier alpha value is -1.36. The van der Waals surface area contributed by atoms with Crippen molar-refractivity contribution in [2.24, 2.45) is 5.92 Å². The van der Waals surface area contributed by atoms with Gasteiger partial charge in [-0.3, -0.25) is 4.79 Å². The fourth-order valence-electron chi connectivity index (χ4n) is 2.77. The van der Waals surface area contributed by atoms with Crippen LogP contribution < -0.4 is 15.8 Å². The first-order valence-corrected chi connectivity index (χ1v) is 7.78. The van der Waals surface area contributed by atoms with Crippen LogP contribution in [0.1, 0.15) is 38.9 Å². The van der Waals surface area contributed by atoms with Crippen LogP contribution >= 0.6 is 0 Å². The Kier molecular flexibility index (Phi) is 5.59. The maximum atomic E-state index is 11.7. The number of H-pyrrole nitrogens is 1. The molecular formula is C15H26N4O. The first-order valence-electron chi connectivity index (χ1n) is 7.78. The summed E-state index contributed by atoms with van der Waals surface area (Å²) in [5.74, 6) is 2.32. The summed E-state index contributed by atoms with van der Waals surface area (Å²) in [5, 5.41) is 3.40. The molecule has 0 aliphatic carbocycles. The van der Waals surface area contributed by atoms with Crippen molar-refractivity contribution in [1.29, 1.82) is 0 Å². The van der Waals surface area contributed by atoms with E-state index in [0.29, 0.717) is 5.92 Å². The molecule has 1 aliphatic rings. The highest BCUT2D eigenvalue weighted by Crippen LogP contribution is 2.17. The van der Waals surface area contributed by atoms with Gasteiger partial charge in [0, 0.05) is 25.6 Å². The summed E-state index contributed by atoms with van der Waals surface area (Å²) in [7, 11) is 0. The predicted molar refractivity (Wildman–Crippen MR) is 82.3 cm³/mol. The van der Waals surface area contributed by atoms with Gasteiger partial charge >= 0.3 is 0 Å². The van der Waals surface area contributed by atoms with Gasteiger partial charge in [-0.2, -0.15) is 0 Å². The molecule has 5 nitrogen and oxygen atoms in total. The largest absolute Gasteiger partial charge is 0.356 e. The van der Waals surface area contributed by atoms with Crippen LogP contribution in [0.15, 0.2) is 10.9 Å². The summed E-state index contributed by atoms with van der Waals surface area (Å²) < 4.78 is 0. The van der Waals surface area contributed by atoms with Gasteiger partial charge in [0.05, 0.1) is 0 Å². The van der Waals surface area contributed by atoms with Gasteiger partial charge in [0.2, 0.25) is 0 Å². The summed E-state index contributed by atoms with van der Waals surface area (Å²) >= 11 is 0. The van der Waals surface area contributed by atoms with Crippen molar-refractivity contribution in [3.05, 3.63) is 22.2 Å². The van der Waals surface area contributed by atoms with Crippen LogP contribution in [0.5, 0.6) is 0 Å². The zero-order chi connectivity index (χ0) is 14.4. The Balaban J connectivity index is 2.14. The second kappa shape index (κ2) is 7.43. The van der Waals surface area contributed by atoms with Gasteiger partial charge in [0.1, 0.15) is 11.6 Å². The second-order valence-electron chi connectivity index (χ2n) is 5.54. The predicted octanol–water partition coefficient (Wildman–Crippen LogP) is 1.55. The van der Waals surface area contributed by atoms with Crippen LogP contribution in [0.4, 0.5) is 5.82 Å². The third kappa shape index (κ3) is 4.07. The van der Waals surface area contributed by atoms with Gasteiger partial charge in [-0.15, -0.1) is 0 Å². The molecule has 0 bridgehead atoms. The second-order valence-corrected chi connectivity index (χ2v) is 5.54. The number of anilines is 1. The monoisotopic (exact) mass is 278 g/mol. The highest BCUT2D eigenvalue weighted by Gasteiger charge is 2.18. The Bertz CT molecular complexity index is 465. The van der Waals surface area contributed by atoms with E-state index in [9.17, 15) is 4.79 Å². The standard InChI is InChI=1S/C15H26N4O/c1-3-9-19(11-12-5-7-16-8-6-12)14-10-15(20)18-13(4-2)17-14/h10,12,16H,3-9,11H2,1-2H3,(H,17,18,20). The molecule has 0 radical (unpaired) electrons. The van der Waals surface area contributed by atoms with Crippen molar-refractivity contribution in [2.45, 2.75) is 39.5 Å². The number of aryl methyl sites for hydroxylation is 1. The maximum Gasteiger partial charge on any atom is 0.252 e. The maximum absolute atomic E-state index is 11.7. The number of aromatic nitrogens is 2. The van der Waals surface area contributed by atoms with Crippen LogP contribution in [0.25, 0.3) is 0 Å². The minimum Gasteiger partial charge on any atom is -0.356 e. The molecule has 1 aliphatic heterocycles. The van der Waals surface area contributed by atoms with E-state index in [1.807, 2.05) is 6.92 Å². The molecule has 0 aromatic carbocycles. The normalized spacial score (nSPS) is 16.3. The molecule has 0 unspecified atom stereocenters. The van der Waals surface area contributed by atoms with Crippen molar-refractivity contribution in [3.8, 4) is 0 Å². The minimum absolute atomic E-state index is 0.0433. The Morgan fingerprint density at radius 2 is 2.10 bits per heavy atom. The third-order valence-electron chi connectivity index (χ3n) is 3.87. The molecule has 0 amide bonds. The van der Waals surface area contributed by atoms with Crippen LogP contribution in [0, 0.1) is 5.92 Å². The molecule has 20 heavy (non-hydrogen) atoms. The molecule has 112 valence electrons. The zero-order valence-corrected chi connectivity index (χ0v) is 12.6. The number of hydrogen-bond acceptors (Lipinski definition) is 4. The van der Waals surface area contributed by atoms with Crippen molar-refractivity contribution in [3.63, 3.8) is 0 Å². The van der Waals surface area contributed by atoms with E-state index >= 15 is 0 Å². The first-order chi connectivity index (χ1) is 9.72. The summed E-state index contributed by atoms with van der Waals surface area (Å²) in [6.45, 7) is 8.36. The van der Waals surface area contributed by atoms with Crippen molar-refractivity contribution in [2.75, 3.05) is 31.1 Å². The van der Waals surface area contributed by atoms with Gasteiger partial charge in [0.15, 0.2) is 0 Å². The lowest BCUT2D eigenvalue weighted by Gasteiger charge is -2.30. The highest BCUT2D eigenvalue weighted by molar-refractivity contribution is 5.37. The molecular weight excluding hydrogens is 252 g/mol. The summed E-state index contributed by atoms with van der Waals surface area (Å²) in [6, 6.07) is 1.63. The van der Waals surface area contributed by atoms with Crippen LogP contribution in [-0.2, 0) is 6.42 Å². The van der Waals surface area contributed by atoms with E-state index in [-0.39, 0.29) is 5.56 Å². The Morgan fingerprint density at radius 1 is 1.35 bits per heavy atom. The number of hydrogen-bond donors (Lipinski definition) is 2. The van der Waals surface area contributed by atoms with Gasteiger partial charge in [-0.25, -0.2) is 4.98 Å². The molecule has 2 rings (SSSR count). The van der Waals surface area contributed by atoms with Crippen LogP contribution in [0.3, 0.4) is 0 Å². The average Bonchev–Trinajstić information content (AvgIpc) is 2.47. The van der Waals surface area contributed by atoms with E-state index in [4.69, 9.17) is 0 Å². The van der Waals surface area contributed by atoms with E-state index in [2.05, 4.69) is 27.1 Å². The van der Waals surface area contributed by atoms with E-state index < -0.39 is 0 Å². The molecule has 0 spiro atoms. The molecule has 1 aromatic heterocycles. The lowest BCUT2D eigenvalue weighted by molar-refractivity contribution is 0.372. The summed E-state index contributed by atoms with van der Waals surface area (Å²) in [5.41, 5.74) is -0.0433. The number of rotatable bonds is 6. The van der Waals surface area contributed by atoms with Gasteiger partial charge in [0.25, 0.3) is 5.56 Å². The molecule has 2 N–H and O–H groups in total. The van der Waals surface area contributed by atoms with Gasteiger partial charge < -0.3 is 15.2 Å². The number of nitrogens with zero attached hydrogens (tertiary/aromatic N) is 2. The fraction of sp³-hybridized carbons (Fsp3) is 0.733. The van der Waals surface area contributed by atoms with E-state index in [1.54, 1.807) is 6.07 Å². The minimum atomic E-state index is -0.0433. The molecule has 5 heteroatoms. The fourth-order valence-corrected chi connectivity index (χ4v) is 2.77. The zero-order valence-electron chi connectivity index (χ0n) is 12.6. The van der Waals surface area contributed by atoms with E-state index in [1.165, 1.54) is 12.8 Å². The molecule has 1 saturated heterocycles. The van der Waals surface area contributed by atoms with Gasteiger partial charge in [-0.1, -0.05) is 13.8 Å². The van der Waals surface area contributed by atoms with Crippen molar-refractivity contribution >= 4 is 5.82 Å². The molecule has 1 aromatic rings. The number of nitrogens with one attached hydrogen (secondary N) is 2. The Labute approximate surface area is 120 Å². The van der Waals surface area contributed by atoms with Crippen molar-refractivity contribution < 1.29 is 0 Å².